The molecule has 0 radical (unpaired) electrons. The maximum atomic E-state index is 12.9. The van der Waals surface area contributed by atoms with Crippen LogP contribution in [0.25, 0.3) is 0 Å². The molecule has 82 heavy (non-hydrogen) atoms. The average Bonchev–Trinajstić information content (AvgIpc) is 3.48. The molecule has 0 aromatic rings. The number of hydrogen-bond acceptors (Lipinski definition) is 6. The third kappa shape index (κ3) is 67.1. The van der Waals surface area contributed by atoms with E-state index in [1.165, 1.54) is 199 Å². The van der Waals surface area contributed by atoms with Crippen LogP contribution in [0, 0.1) is 0 Å². The van der Waals surface area contributed by atoms with Gasteiger partial charge < -0.3 is 14.2 Å². The van der Waals surface area contributed by atoms with E-state index in [2.05, 4.69) is 118 Å². The summed E-state index contributed by atoms with van der Waals surface area (Å²) in [7, 11) is 0. The molecule has 0 saturated carbocycles. The van der Waals surface area contributed by atoms with Gasteiger partial charge in [-0.05, 0) is 103 Å². The van der Waals surface area contributed by atoms with Crippen LogP contribution < -0.4 is 0 Å². The number of carbonyl (C=O) groups excluding carboxylic acids is 3. The lowest BCUT2D eigenvalue weighted by molar-refractivity contribution is -0.167. The summed E-state index contributed by atoms with van der Waals surface area (Å²) >= 11 is 0. The normalized spacial score (nSPS) is 12.7. The highest BCUT2D eigenvalue weighted by molar-refractivity contribution is 5.71. The molecule has 0 aliphatic carbocycles. The van der Waals surface area contributed by atoms with Crippen molar-refractivity contribution in [3.63, 3.8) is 0 Å². The third-order valence-corrected chi connectivity index (χ3v) is 15.3. The van der Waals surface area contributed by atoms with E-state index in [-0.39, 0.29) is 37.5 Å². The van der Waals surface area contributed by atoms with Crippen molar-refractivity contribution in [1.29, 1.82) is 0 Å². The minimum atomic E-state index is -0.794. The first-order valence-corrected chi connectivity index (χ1v) is 35.2. The molecule has 6 nitrogen and oxygen atoms in total. The van der Waals surface area contributed by atoms with Crippen molar-refractivity contribution in [2.75, 3.05) is 13.2 Å². The van der Waals surface area contributed by atoms with Crippen LogP contribution in [0.5, 0.6) is 0 Å². The molecular formula is C76H132O6. The first kappa shape index (κ1) is 78.3. The van der Waals surface area contributed by atoms with Crippen LogP contribution in [0.1, 0.15) is 348 Å². The summed E-state index contributed by atoms with van der Waals surface area (Å²) in [6.45, 7) is 6.50. The Morgan fingerprint density at radius 2 is 0.476 bits per heavy atom. The number of carbonyl (C=O) groups is 3. The maximum Gasteiger partial charge on any atom is 0.306 e. The van der Waals surface area contributed by atoms with Crippen molar-refractivity contribution in [1.82, 2.24) is 0 Å². The van der Waals surface area contributed by atoms with Crippen LogP contribution in [0.2, 0.25) is 0 Å². The Hall–Kier alpha value is -3.67. The lowest BCUT2D eigenvalue weighted by Gasteiger charge is -2.18. The van der Waals surface area contributed by atoms with Gasteiger partial charge in [0.25, 0.3) is 0 Å². The van der Waals surface area contributed by atoms with E-state index in [0.717, 1.165) is 109 Å². The SMILES string of the molecule is CC/C=C\C/C=C\C/C=C\C/C=C\C/C=C\C/C=C\C/C=C\CCCCCC(=O)OC(COC(=O)CCCCCCCCCC)COC(=O)CCCCCCCCCCCCCCCCCCCCC/C=C\CCCCCCCCCC. The van der Waals surface area contributed by atoms with Crippen molar-refractivity contribution in [2.24, 2.45) is 0 Å². The predicted molar refractivity (Wildman–Crippen MR) is 357 cm³/mol. The van der Waals surface area contributed by atoms with E-state index in [1.54, 1.807) is 0 Å². The highest BCUT2D eigenvalue weighted by Gasteiger charge is 2.19. The zero-order valence-corrected chi connectivity index (χ0v) is 54.2. The summed E-state index contributed by atoms with van der Waals surface area (Å²) < 4.78 is 16.9. The Bertz CT molecular complexity index is 1590. The fraction of sp³-hybridized carbons (Fsp3) is 0.750. The summed E-state index contributed by atoms with van der Waals surface area (Å²) in [6, 6.07) is 0. The molecule has 0 rings (SSSR count). The van der Waals surface area contributed by atoms with Crippen LogP contribution in [0.4, 0.5) is 0 Å². The van der Waals surface area contributed by atoms with Gasteiger partial charge in [-0.15, -0.1) is 0 Å². The van der Waals surface area contributed by atoms with Crippen LogP contribution >= 0.6 is 0 Å². The summed E-state index contributed by atoms with van der Waals surface area (Å²) in [4.78, 5) is 38.2. The second-order valence-electron chi connectivity index (χ2n) is 23.4. The van der Waals surface area contributed by atoms with Crippen LogP contribution in [-0.2, 0) is 28.6 Å². The van der Waals surface area contributed by atoms with Gasteiger partial charge in [-0.3, -0.25) is 14.4 Å². The van der Waals surface area contributed by atoms with Crippen LogP contribution in [0.15, 0.2) is 97.2 Å². The zero-order valence-electron chi connectivity index (χ0n) is 54.2. The van der Waals surface area contributed by atoms with E-state index in [9.17, 15) is 14.4 Å². The third-order valence-electron chi connectivity index (χ3n) is 15.3. The molecule has 0 heterocycles. The number of allylic oxidation sites excluding steroid dienone is 16. The Morgan fingerprint density at radius 3 is 0.768 bits per heavy atom. The summed E-state index contributed by atoms with van der Waals surface area (Å²) in [6.07, 6.45) is 94.7. The molecule has 0 aliphatic rings. The molecule has 0 aliphatic heterocycles. The minimum Gasteiger partial charge on any atom is -0.462 e. The molecule has 0 fully saturated rings. The van der Waals surface area contributed by atoms with Gasteiger partial charge in [0.2, 0.25) is 0 Å². The maximum absolute atomic E-state index is 12.9. The lowest BCUT2D eigenvalue weighted by Crippen LogP contribution is -2.30. The zero-order chi connectivity index (χ0) is 59.2. The fourth-order valence-electron chi connectivity index (χ4n) is 10.1. The molecule has 1 atom stereocenters. The van der Waals surface area contributed by atoms with Gasteiger partial charge in [0.1, 0.15) is 13.2 Å². The van der Waals surface area contributed by atoms with E-state index < -0.39 is 6.10 Å². The quantitative estimate of drug-likeness (QED) is 0.0261. The van der Waals surface area contributed by atoms with E-state index in [4.69, 9.17) is 14.2 Å². The van der Waals surface area contributed by atoms with Gasteiger partial charge in [0, 0.05) is 19.3 Å². The van der Waals surface area contributed by atoms with Crippen LogP contribution in [0.3, 0.4) is 0 Å². The smallest absolute Gasteiger partial charge is 0.306 e. The van der Waals surface area contributed by atoms with E-state index in [1.807, 2.05) is 0 Å². The second-order valence-corrected chi connectivity index (χ2v) is 23.4. The van der Waals surface area contributed by atoms with Gasteiger partial charge in [0.15, 0.2) is 6.10 Å². The van der Waals surface area contributed by atoms with Crippen LogP contribution in [-0.4, -0.2) is 37.2 Å². The summed E-state index contributed by atoms with van der Waals surface area (Å²) in [5.74, 6) is -0.913. The molecule has 6 heteroatoms. The van der Waals surface area contributed by atoms with Crippen molar-refractivity contribution in [3.05, 3.63) is 97.2 Å². The molecular weight excluding hydrogens is 1010 g/mol. The van der Waals surface area contributed by atoms with Gasteiger partial charge in [0.05, 0.1) is 0 Å². The molecule has 0 aromatic carbocycles. The number of unbranched alkanes of at least 4 members (excludes halogenated alkanes) is 37. The van der Waals surface area contributed by atoms with Gasteiger partial charge in [-0.1, -0.05) is 323 Å². The number of esters is 3. The molecule has 1 unspecified atom stereocenters. The standard InChI is InChI=1S/C76H132O6/c1-4-7-10-13-16-19-21-23-25-27-29-31-33-35-36-37-38-39-40-42-43-45-47-49-51-53-55-57-60-63-66-69-75(78)81-72-73(71-80-74(77)68-65-62-59-18-15-12-9-6-3)82-76(79)70-67-64-61-58-56-54-52-50-48-46-44-41-34-32-30-28-26-24-22-20-17-14-11-8-5-2/h8,11,17,20,24,26-27,29-30,32,41,44,48,50,54,56,73H,4-7,9-10,12-16,18-19,21-23,25,28,31,33-40,42-43,45-47,49,51-53,55,57-72H2,1-3H3/b11-8-,20-17-,26-24-,29-27-,32-30-,44-41-,50-48-,56-54-. The van der Waals surface area contributed by atoms with Crippen molar-refractivity contribution in [3.8, 4) is 0 Å². The topological polar surface area (TPSA) is 78.9 Å². The van der Waals surface area contributed by atoms with Crippen molar-refractivity contribution >= 4 is 17.9 Å². The first-order chi connectivity index (χ1) is 40.5. The molecule has 472 valence electrons. The molecule has 0 amide bonds. The van der Waals surface area contributed by atoms with Gasteiger partial charge in [-0.25, -0.2) is 0 Å². The Morgan fingerprint density at radius 1 is 0.256 bits per heavy atom. The molecule has 0 N–H and O–H groups in total. The Labute approximate surface area is 508 Å². The highest BCUT2D eigenvalue weighted by Crippen LogP contribution is 2.17. The van der Waals surface area contributed by atoms with E-state index >= 15 is 0 Å². The van der Waals surface area contributed by atoms with Gasteiger partial charge in [-0.2, -0.15) is 0 Å². The van der Waals surface area contributed by atoms with Crippen molar-refractivity contribution < 1.29 is 28.6 Å². The fourth-order valence-corrected chi connectivity index (χ4v) is 10.1. The minimum absolute atomic E-state index is 0.0881. The largest absolute Gasteiger partial charge is 0.462 e. The molecule has 0 spiro atoms. The molecule has 0 aromatic heterocycles. The summed E-state index contributed by atoms with van der Waals surface area (Å²) in [5, 5.41) is 0. The molecule has 0 bridgehead atoms. The highest BCUT2D eigenvalue weighted by atomic mass is 16.6. The number of ether oxygens (including phenoxy) is 3. The Balaban J connectivity index is 4.14. The number of rotatable bonds is 64. The van der Waals surface area contributed by atoms with Crippen molar-refractivity contribution in [2.45, 2.75) is 354 Å². The first-order valence-electron chi connectivity index (χ1n) is 35.2. The predicted octanol–water partition coefficient (Wildman–Crippen LogP) is 24.4. The average molecular weight is 1140 g/mol. The Kier molecular flexibility index (Phi) is 66.7. The summed E-state index contributed by atoms with van der Waals surface area (Å²) in [5.41, 5.74) is 0. The lowest BCUT2D eigenvalue weighted by atomic mass is 10.0. The molecule has 0 saturated heterocycles. The second kappa shape index (κ2) is 69.8. The monoisotopic (exact) mass is 1140 g/mol. The van der Waals surface area contributed by atoms with Gasteiger partial charge >= 0.3 is 17.9 Å². The number of hydrogen-bond donors (Lipinski definition) is 0. The van der Waals surface area contributed by atoms with E-state index in [0.29, 0.717) is 12.8 Å².